The summed E-state index contributed by atoms with van der Waals surface area (Å²) in [5.74, 6) is 0.119. The van der Waals surface area contributed by atoms with Gasteiger partial charge in [-0.15, -0.1) is 0 Å². The molecule has 4 nitrogen and oxygen atoms in total. The Morgan fingerprint density at radius 1 is 1.14 bits per heavy atom. The number of anilines is 1. The fourth-order valence-corrected chi connectivity index (χ4v) is 2.62. The van der Waals surface area contributed by atoms with E-state index in [2.05, 4.69) is 0 Å². The maximum Gasteiger partial charge on any atom is 0.494 e. The van der Waals surface area contributed by atoms with Crippen LogP contribution < -0.4 is 10.4 Å². The van der Waals surface area contributed by atoms with Gasteiger partial charge in [0.2, 0.25) is 5.91 Å². The molecule has 0 bridgehead atoms. The van der Waals surface area contributed by atoms with Gasteiger partial charge in [0.1, 0.15) is 0 Å². The van der Waals surface area contributed by atoms with Gasteiger partial charge in [-0.3, -0.25) is 9.69 Å². The number of allylic oxidation sites excluding steroid dienone is 1. The van der Waals surface area contributed by atoms with Gasteiger partial charge in [-0.25, -0.2) is 0 Å². The highest BCUT2D eigenvalue weighted by molar-refractivity contribution is 6.62. The molecule has 0 aliphatic carbocycles. The third-order valence-electron chi connectivity index (χ3n) is 4.72. The fraction of sp³-hybridized carbons (Fsp3) is 0.471. The lowest BCUT2D eigenvalue weighted by Gasteiger charge is -2.32. The van der Waals surface area contributed by atoms with Crippen molar-refractivity contribution >= 4 is 24.2 Å². The predicted molar refractivity (Wildman–Crippen MR) is 88.0 cm³/mol. The van der Waals surface area contributed by atoms with E-state index in [9.17, 15) is 4.79 Å². The second kappa shape index (κ2) is 5.25. The van der Waals surface area contributed by atoms with Crippen LogP contribution in [0.4, 0.5) is 5.69 Å². The Kier molecular flexibility index (Phi) is 3.65. The van der Waals surface area contributed by atoms with Gasteiger partial charge < -0.3 is 9.31 Å². The number of benzene rings is 1. The first-order chi connectivity index (χ1) is 10.3. The largest absolute Gasteiger partial charge is 0.494 e. The number of rotatable bonds is 2. The van der Waals surface area contributed by atoms with E-state index in [1.54, 1.807) is 4.90 Å². The Hall–Kier alpha value is -1.59. The molecule has 1 amide bonds. The van der Waals surface area contributed by atoms with E-state index in [0.717, 1.165) is 17.6 Å². The van der Waals surface area contributed by atoms with Crippen LogP contribution in [-0.2, 0) is 14.1 Å². The van der Waals surface area contributed by atoms with E-state index < -0.39 is 7.12 Å². The van der Waals surface area contributed by atoms with Crippen molar-refractivity contribution in [1.29, 1.82) is 0 Å². The third kappa shape index (κ3) is 2.59. The van der Waals surface area contributed by atoms with Crippen LogP contribution in [0.15, 0.2) is 36.5 Å². The summed E-state index contributed by atoms with van der Waals surface area (Å²) < 4.78 is 12.2. The van der Waals surface area contributed by atoms with Gasteiger partial charge in [-0.1, -0.05) is 18.2 Å². The minimum atomic E-state index is -0.408. The highest BCUT2D eigenvalue weighted by Gasteiger charge is 2.51. The summed E-state index contributed by atoms with van der Waals surface area (Å²) in [6, 6.07) is 7.81. The molecule has 116 valence electrons. The van der Waals surface area contributed by atoms with E-state index in [1.807, 2.05) is 64.2 Å². The number of nitrogens with zero attached hydrogens (tertiary/aromatic N) is 1. The monoisotopic (exact) mass is 299 g/mol. The van der Waals surface area contributed by atoms with E-state index in [1.165, 1.54) is 0 Å². The lowest BCUT2D eigenvalue weighted by Crippen LogP contribution is -2.41. The van der Waals surface area contributed by atoms with Crippen molar-refractivity contribution in [3.63, 3.8) is 0 Å². The topological polar surface area (TPSA) is 38.8 Å². The maximum absolute atomic E-state index is 12.0. The summed E-state index contributed by atoms with van der Waals surface area (Å²) in [6.45, 7) is 8.14. The van der Waals surface area contributed by atoms with Gasteiger partial charge in [0.05, 0.1) is 11.2 Å². The van der Waals surface area contributed by atoms with Crippen LogP contribution in [0.3, 0.4) is 0 Å². The van der Waals surface area contributed by atoms with Gasteiger partial charge in [0.25, 0.3) is 0 Å². The molecule has 0 unspecified atom stereocenters. The van der Waals surface area contributed by atoms with Crippen LogP contribution >= 0.6 is 0 Å². The summed E-state index contributed by atoms with van der Waals surface area (Å²) >= 11 is 0. The Morgan fingerprint density at radius 2 is 1.82 bits per heavy atom. The highest BCUT2D eigenvalue weighted by atomic mass is 16.7. The van der Waals surface area contributed by atoms with Gasteiger partial charge >= 0.3 is 7.12 Å². The maximum atomic E-state index is 12.0. The molecular formula is C17H22BNO3. The Balaban J connectivity index is 1.88. The van der Waals surface area contributed by atoms with Crippen LogP contribution in [0.5, 0.6) is 0 Å². The van der Waals surface area contributed by atoms with E-state index >= 15 is 0 Å². The average molecular weight is 299 g/mol. The van der Waals surface area contributed by atoms with E-state index in [-0.39, 0.29) is 17.1 Å². The summed E-state index contributed by atoms with van der Waals surface area (Å²) in [6.07, 6.45) is 5.22. The Labute approximate surface area is 132 Å². The van der Waals surface area contributed by atoms with Crippen molar-refractivity contribution in [2.24, 2.45) is 0 Å². The minimum Gasteiger partial charge on any atom is -0.399 e. The molecule has 1 aromatic carbocycles. The number of hydrogen-bond donors (Lipinski definition) is 0. The minimum absolute atomic E-state index is 0.119. The SMILES string of the molecule is CC1(C)OB(c2cccc(N3C=CCCC3=O)c2)OC1(C)C. The lowest BCUT2D eigenvalue weighted by molar-refractivity contribution is -0.118. The first kappa shape index (κ1) is 15.3. The van der Waals surface area contributed by atoms with Crippen LogP contribution in [-0.4, -0.2) is 24.2 Å². The first-order valence-corrected chi connectivity index (χ1v) is 7.74. The summed E-state index contributed by atoms with van der Waals surface area (Å²) in [5.41, 5.74) is 1.05. The predicted octanol–water partition coefficient (Wildman–Crippen LogP) is 2.63. The van der Waals surface area contributed by atoms with Crippen LogP contribution in [0, 0.1) is 0 Å². The van der Waals surface area contributed by atoms with Crippen LogP contribution in [0.25, 0.3) is 0 Å². The standard InChI is InChI=1S/C17H22BNO3/c1-16(2)17(3,4)22-18(21-16)13-8-7-9-14(12-13)19-11-6-5-10-15(19)20/h6-9,11-12H,5,10H2,1-4H3. The molecule has 1 saturated heterocycles. The molecular weight excluding hydrogens is 277 g/mol. The number of hydrogen-bond acceptors (Lipinski definition) is 3. The molecule has 3 rings (SSSR count). The second-order valence-electron chi connectivity index (χ2n) is 6.87. The molecule has 1 fully saturated rings. The van der Waals surface area contributed by atoms with Crippen molar-refractivity contribution in [3.05, 3.63) is 36.5 Å². The molecule has 5 heteroatoms. The van der Waals surface area contributed by atoms with Crippen LogP contribution in [0.2, 0.25) is 0 Å². The number of carbonyl (C=O) groups is 1. The quantitative estimate of drug-likeness (QED) is 0.788. The molecule has 2 aliphatic heterocycles. The van der Waals surface area contributed by atoms with Gasteiger partial charge in [0, 0.05) is 18.3 Å². The Bertz CT molecular complexity index is 608. The van der Waals surface area contributed by atoms with E-state index in [4.69, 9.17) is 9.31 Å². The fourth-order valence-electron chi connectivity index (χ4n) is 2.62. The average Bonchev–Trinajstić information content (AvgIpc) is 2.68. The molecule has 0 spiro atoms. The molecule has 0 atom stereocenters. The van der Waals surface area contributed by atoms with Crippen LogP contribution in [0.1, 0.15) is 40.5 Å². The van der Waals surface area contributed by atoms with E-state index in [0.29, 0.717) is 6.42 Å². The third-order valence-corrected chi connectivity index (χ3v) is 4.72. The smallest absolute Gasteiger partial charge is 0.399 e. The molecule has 0 N–H and O–H groups in total. The molecule has 0 radical (unpaired) electrons. The summed E-state index contributed by atoms with van der Waals surface area (Å²) in [5, 5.41) is 0. The normalized spacial score (nSPS) is 23.2. The molecule has 0 saturated carbocycles. The van der Waals surface area contributed by atoms with Crippen molar-refractivity contribution < 1.29 is 14.1 Å². The summed E-state index contributed by atoms with van der Waals surface area (Å²) in [7, 11) is -0.408. The summed E-state index contributed by atoms with van der Waals surface area (Å²) in [4.78, 5) is 13.7. The molecule has 2 aliphatic rings. The van der Waals surface area contributed by atoms with Gasteiger partial charge in [-0.2, -0.15) is 0 Å². The number of amides is 1. The highest BCUT2D eigenvalue weighted by Crippen LogP contribution is 2.36. The van der Waals surface area contributed by atoms with Crippen molar-refractivity contribution in [3.8, 4) is 0 Å². The molecule has 0 aromatic heterocycles. The molecule has 22 heavy (non-hydrogen) atoms. The second-order valence-corrected chi connectivity index (χ2v) is 6.87. The molecule has 2 heterocycles. The number of carbonyl (C=O) groups excluding carboxylic acids is 1. The van der Waals surface area contributed by atoms with Gasteiger partial charge in [0.15, 0.2) is 0 Å². The first-order valence-electron chi connectivity index (χ1n) is 7.74. The van der Waals surface area contributed by atoms with Crippen molar-refractivity contribution in [2.45, 2.75) is 51.7 Å². The Morgan fingerprint density at radius 3 is 2.45 bits per heavy atom. The zero-order valence-electron chi connectivity index (χ0n) is 13.6. The molecule has 1 aromatic rings. The van der Waals surface area contributed by atoms with Crippen molar-refractivity contribution in [2.75, 3.05) is 4.90 Å². The lowest BCUT2D eigenvalue weighted by atomic mass is 9.79. The van der Waals surface area contributed by atoms with Crippen molar-refractivity contribution in [1.82, 2.24) is 0 Å². The zero-order chi connectivity index (χ0) is 16.0. The zero-order valence-corrected chi connectivity index (χ0v) is 13.6. The van der Waals surface area contributed by atoms with Gasteiger partial charge in [-0.05, 0) is 51.7 Å².